The Hall–Kier alpha value is -1.24. The molecular weight excluding hydrogens is 196 g/mol. The summed E-state index contributed by atoms with van der Waals surface area (Å²) in [6, 6.07) is 6.35. The zero-order chi connectivity index (χ0) is 12.1. The van der Waals surface area contributed by atoms with Gasteiger partial charge in [0.25, 0.3) is 0 Å². The predicted molar refractivity (Wildman–Crippen MR) is 71.0 cm³/mol. The number of benzene rings is 1. The Balaban J connectivity index is 0.000000606. The van der Waals surface area contributed by atoms with Crippen LogP contribution in [0.5, 0.6) is 5.75 Å². The van der Waals surface area contributed by atoms with Crippen LogP contribution in [0.15, 0.2) is 23.8 Å². The van der Waals surface area contributed by atoms with Crippen LogP contribution in [0.4, 0.5) is 0 Å². The Morgan fingerprint density at radius 3 is 2.56 bits per heavy atom. The van der Waals surface area contributed by atoms with Crippen LogP contribution in [0, 0.1) is 0 Å². The third-order valence-electron chi connectivity index (χ3n) is 2.85. The lowest BCUT2D eigenvalue weighted by molar-refractivity contribution is 0.414. The van der Waals surface area contributed by atoms with E-state index < -0.39 is 0 Å². The van der Waals surface area contributed by atoms with Gasteiger partial charge in [0, 0.05) is 0 Å². The van der Waals surface area contributed by atoms with Gasteiger partial charge in [-0.2, -0.15) is 0 Å². The molecular formula is C15H22O. The van der Waals surface area contributed by atoms with Crippen molar-refractivity contribution in [3.8, 4) is 5.75 Å². The standard InChI is InChI=1S/C13H16O.C2H6/c1-9-6-10(2)13-5-4-12(14-3)8-11(13)7-9;1-2/h4-5,7-8,10H,6H2,1-3H3;1-2H3. The third kappa shape index (κ3) is 2.66. The zero-order valence-electron chi connectivity index (χ0n) is 11.0. The van der Waals surface area contributed by atoms with Crippen molar-refractivity contribution in [2.75, 3.05) is 7.11 Å². The summed E-state index contributed by atoms with van der Waals surface area (Å²) in [6.07, 6.45) is 3.44. The summed E-state index contributed by atoms with van der Waals surface area (Å²) in [7, 11) is 1.71. The molecule has 0 saturated heterocycles. The maximum Gasteiger partial charge on any atom is 0.119 e. The monoisotopic (exact) mass is 218 g/mol. The lowest BCUT2D eigenvalue weighted by Gasteiger charge is -2.21. The molecule has 0 heterocycles. The van der Waals surface area contributed by atoms with E-state index in [0.717, 1.165) is 5.75 Å². The molecule has 0 aliphatic heterocycles. The number of hydrogen-bond donors (Lipinski definition) is 0. The second-order valence-electron chi connectivity index (χ2n) is 4.09. The van der Waals surface area contributed by atoms with Gasteiger partial charge in [0.1, 0.15) is 5.75 Å². The summed E-state index contributed by atoms with van der Waals surface area (Å²) in [5.74, 6) is 1.59. The van der Waals surface area contributed by atoms with Crippen LogP contribution in [-0.4, -0.2) is 7.11 Å². The number of methoxy groups -OCH3 is 1. The summed E-state index contributed by atoms with van der Waals surface area (Å²) in [5.41, 5.74) is 4.22. The van der Waals surface area contributed by atoms with Gasteiger partial charge < -0.3 is 4.74 Å². The second-order valence-corrected chi connectivity index (χ2v) is 4.09. The number of fused-ring (bicyclic) bond motifs is 1. The Morgan fingerprint density at radius 2 is 1.94 bits per heavy atom. The minimum Gasteiger partial charge on any atom is -0.497 e. The number of rotatable bonds is 1. The summed E-state index contributed by atoms with van der Waals surface area (Å²) in [4.78, 5) is 0. The average Bonchev–Trinajstić information content (AvgIpc) is 2.30. The largest absolute Gasteiger partial charge is 0.497 e. The van der Waals surface area contributed by atoms with Crippen molar-refractivity contribution in [2.45, 2.75) is 40.0 Å². The fraction of sp³-hybridized carbons (Fsp3) is 0.467. The van der Waals surface area contributed by atoms with Crippen LogP contribution in [0.2, 0.25) is 0 Å². The van der Waals surface area contributed by atoms with E-state index in [1.165, 1.54) is 23.1 Å². The Morgan fingerprint density at radius 1 is 1.25 bits per heavy atom. The third-order valence-corrected chi connectivity index (χ3v) is 2.85. The predicted octanol–water partition coefficient (Wildman–Crippen LogP) is 4.63. The van der Waals surface area contributed by atoms with Gasteiger partial charge in [0.05, 0.1) is 7.11 Å². The Bertz CT molecular complexity index is 377. The molecule has 0 aromatic heterocycles. The van der Waals surface area contributed by atoms with E-state index in [1.54, 1.807) is 7.11 Å². The molecule has 1 aromatic rings. The molecule has 1 aliphatic rings. The summed E-state index contributed by atoms with van der Waals surface area (Å²) < 4.78 is 5.22. The first kappa shape index (κ1) is 12.8. The molecule has 88 valence electrons. The van der Waals surface area contributed by atoms with Crippen molar-refractivity contribution in [1.29, 1.82) is 0 Å². The van der Waals surface area contributed by atoms with E-state index in [-0.39, 0.29) is 0 Å². The van der Waals surface area contributed by atoms with Gasteiger partial charge in [0.15, 0.2) is 0 Å². The first-order chi connectivity index (χ1) is 7.70. The Labute approximate surface area is 99.1 Å². The highest BCUT2D eigenvalue weighted by Crippen LogP contribution is 2.34. The highest BCUT2D eigenvalue weighted by Gasteiger charge is 2.15. The van der Waals surface area contributed by atoms with Gasteiger partial charge in [-0.25, -0.2) is 0 Å². The van der Waals surface area contributed by atoms with Gasteiger partial charge in [-0.1, -0.05) is 38.5 Å². The van der Waals surface area contributed by atoms with Crippen LogP contribution in [0.1, 0.15) is 51.2 Å². The molecule has 1 aliphatic carbocycles. The highest BCUT2D eigenvalue weighted by atomic mass is 16.5. The van der Waals surface area contributed by atoms with E-state index in [9.17, 15) is 0 Å². The molecule has 0 radical (unpaired) electrons. The molecule has 0 saturated carbocycles. The van der Waals surface area contributed by atoms with Crippen molar-refractivity contribution < 1.29 is 4.74 Å². The maximum absolute atomic E-state index is 5.22. The van der Waals surface area contributed by atoms with Crippen molar-refractivity contribution in [2.24, 2.45) is 0 Å². The topological polar surface area (TPSA) is 9.23 Å². The summed E-state index contributed by atoms with van der Waals surface area (Å²) in [5, 5.41) is 0. The van der Waals surface area contributed by atoms with Crippen molar-refractivity contribution in [1.82, 2.24) is 0 Å². The minimum absolute atomic E-state index is 0.640. The minimum atomic E-state index is 0.640. The van der Waals surface area contributed by atoms with E-state index in [4.69, 9.17) is 4.74 Å². The van der Waals surface area contributed by atoms with E-state index in [2.05, 4.69) is 32.1 Å². The molecule has 2 rings (SSSR count). The van der Waals surface area contributed by atoms with Crippen LogP contribution < -0.4 is 4.74 Å². The first-order valence-electron chi connectivity index (χ1n) is 6.06. The molecule has 0 fully saturated rings. The summed E-state index contributed by atoms with van der Waals surface area (Å²) in [6.45, 7) is 8.47. The van der Waals surface area contributed by atoms with Crippen molar-refractivity contribution >= 4 is 6.08 Å². The second kappa shape index (κ2) is 5.74. The zero-order valence-corrected chi connectivity index (χ0v) is 11.0. The molecule has 0 spiro atoms. The fourth-order valence-electron chi connectivity index (χ4n) is 2.17. The van der Waals surface area contributed by atoms with Crippen LogP contribution in [0.25, 0.3) is 6.08 Å². The maximum atomic E-state index is 5.22. The molecule has 16 heavy (non-hydrogen) atoms. The fourth-order valence-corrected chi connectivity index (χ4v) is 2.17. The first-order valence-corrected chi connectivity index (χ1v) is 6.06. The van der Waals surface area contributed by atoms with E-state index in [0.29, 0.717) is 5.92 Å². The smallest absolute Gasteiger partial charge is 0.119 e. The number of hydrogen-bond acceptors (Lipinski definition) is 1. The SMILES string of the molecule is CC.COc1ccc2c(c1)C=C(C)CC2C. The Kier molecular flexibility index (Phi) is 4.60. The van der Waals surface area contributed by atoms with E-state index >= 15 is 0 Å². The van der Waals surface area contributed by atoms with Crippen LogP contribution in [-0.2, 0) is 0 Å². The molecule has 1 heteroatoms. The highest BCUT2D eigenvalue weighted by molar-refractivity contribution is 5.62. The van der Waals surface area contributed by atoms with Crippen molar-refractivity contribution in [3.63, 3.8) is 0 Å². The van der Waals surface area contributed by atoms with Gasteiger partial charge in [0.2, 0.25) is 0 Å². The normalized spacial score (nSPS) is 17.8. The summed E-state index contributed by atoms with van der Waals surface area (Å²) >= 11 is 0. The number of ether oxygens (including phenoxy) is 1. The quantitative estimate of drug-likeness (QED) is 0.667. The van der Waals surface area contributed by atoms with Crippen molar-refractivity contribution in [3.05, 3.63) is 34.9 Å². The molecule has 1 atom stereocenters. The lowest BCUT2D eigenvalue weighted by Crippen LogP contribution is -2.03. The molecule has 1 nitrogen and oxygen atoms in total. The van der Waals surface area contributed by atoms with Gasteiger partial charge >= 0.3 is 0 Å². The molecule has 0 amide bonds. The molecule has 0 N–H and O–H groups in total. The van der Waals surface area contributed by atoms with Gasteiger partial charge in [-0.05, 0) is 42.5 Å². The van der Waals surface area contributed by atoms with Gasteiger partial charge in [-0.3, -0.25) is 0 Å². The number of allylic oxidation sites excluding steroid dienone is 1. The average molecular weight is 218 g/mol. The molecule has 0 bridgehead atoms. The molecule has 1 aromatic carbocycles. The lowest BCUT2D eigenvalue weighted by atomic mass is 9.85. The van der Waals surface area contributed by atoms with Crippen LogP contribution in [0.3, 0.4) is 0 Å². The molecule has 1 unspecified atom stereocenters. The van der Waals surface area contributed by atoms with Crippen LogP contribution >= 0.6 is 0 Å². The van der Waals surface area contributed by atoms with E-state index in [1.807, 2.05) is 19.9 Å². The van der Waals surface area contributed by atoms with Gasteiger partial charge in [-0.15, -0.1) is 0 Å².